The Kier molecular flexibility index (Phi) is 3.83. The van der Waals surface area contributed by atoms with Crippen LogP contribution in [-0.4, -0.2) is 27.6 Å². The highest BCUT2D eigenvalue weighted by molar-refractivity contribution is 5.86. The molecule has 24 heavy (non-hydrogen) atoms. The number of hydrogen-bond acceptors (Lipinski definition) is 4. The molecule has 0 spiro atoms. The Balaban J connectivity index is 2.06. The number of nitrogens with one attached hydrogen (secondary N) is 1. The molecule has 1 aliphatic rings. The van der Waals surface area contributed by atoms with Crippen LogP contribution in [0.2, 0.25) is 0 Å². The van der Waals surface area contributed by atoms with Crippen LogP contribution in [0.25, 0.3) is 16.7 Å². The highest BCUT2D eigenvalue weighted by atomic mass is 16.3. The molecule has 0 radical (unpaired) electrons. The fraction of sp³-hybridized carbons (Fsp3) is 0.368. The number of rotatable bonds is 4. The first-order chi connectivity index (χ1) is 11.8. The Bertz CT molecular complexity index is 952. The molecule has 0 saturated heterocycles. The number of fused-ring (bicyclic) bond motifs is 4. The summed E-state index contributed by atoms with van der Waals surface area (Å²) in [6.07, 6.45) is 4.88. The molecular weight excluding hydrogens is 300 g/mol. The van der Waals surface area contributed by atoms with Crippen molar-refractivity contribution in [3.63, 3.8) is 0 Å². The molecule has 4 rings (SSSR count). The lowest BCUT2D eigenvalue weighted by atomic mass is 9.89. The maximum Gasteiger partial charge on any atom is 0.157 e. The van der Waals surface area contributed by atoms with Crippen molar-refractivity contribution in [3.8, 4) is 6.07 Å². The van der Waals surface area contributed by atoms with E-state index in [1.54, 1.807) is 0 Å². The molecule has 0 bridgehead atoms. The van der Waals surface area contributed by atoms with Crippen LogP contribution >= 0.6 is 0 Å². The van der Waals surface area contributed by atoms with E-state index in [2.05, 4.69) is 15.8 Å². The van der Waals surface area contributed by atoms with Crippen LogP contribution in [0.4, 0.5) is 5.82 Å². The molecular formula is C19H20N4O. The molecule has 0 unspecified atom stereocenters. The van der Waals surface area contributed by atoms with Gasteiger partial charge in [0.15, 0.2) is 5.65 Å². The summed E-state index contributed by atoms with van der Waals surface area (Å²) in [4.78, 5) is 4.73. The number of aromatic nitrogens is 2. The third kappa shape index (κ3) is 2.22. The molecule has 1 aliphatic carbocycles. The summed E-state index contributed by atoms with van der Waals surface area (Å²) in [5.41, 5.74) is 5.77. The van der Waals surface area contributed by atoms with Crippen LogP contribution in [0.5, 0.6) is 0 Å². The van der Waals surface area contributed by atoms with Crippen LogP contribution in [0.3, 0.4) is 0 Å². The lowest BCUT2D eigenvalue weighted by Crippen LogP contribution is -2.16. The van der Waals surface area contributed by atoms with Crippen LogP contribution in [0, 0.1) is 11.3 Å². The van der Waals surface area contributed by atoms with E-state index in [4.69, 9.17) is 10.1 Å². The molecule has 0 saturated carbocycles. The number of imidazole rings is 1. The van der Waals surface area contributed by atoms with E-state index in [1.165, 1.54) is 5.56 Å². The predicted molar refractivity (Wildman–Crippen MR) is 94.2 cm³/mol. The fourth-order valence-electron chi connectivity index (χ4n) is 3.72. The number of aliphatic hydroxyl groups is 1. The van der Waals surface area contributed by atoms with Gasteiger partial charge in [0, 0.05) is 13.2 Å². The molecule has 2 aromatic heterocycles. The topological polar surface area (TPSA) is 73.3 Å². The summed E-state index contributed by atoms with van der Waals surface area (Å²) in [6.45, 7) is 0.871. The number of para-hydroxylation sites is 2. The van der Waals surface area contributed by atoms with Gasteiger partial charge in [0.25, 0.3) is 0 Å². The third-order valence-electron chi connectivity index (χ3n) is 4.80. The Morgan fingerprint density at radius 2 is 2.00 bits per heavy atom. The second kappa shape index (κ2) is 6.14. The summed E-state index contributed by atoms with van der Waals surface area (Å²) >= 11 is 0. The molecule has 122 valence electrons. The first kappa shape index (κ1) is 15.0. The van der Waals surface area contributed by atoms with Crippen LogP contribution in [0.1, 0.15) is 36.0 Å². The maximum absolute atomic E-state index is 9.76. The molecule has 0 amide bonds. The van der Waals surface area contributed by atoms with Gasteiger partial charge in [-0.25, -0.2) is 4.98 Å². The molecule has 2 heterocycles. The van der Waals surface area contributed by atoms with Crippen molar-refractivity contribution in [2.24, 2.45) is 0 Å². The van der Waals surface area contributed by atoms with E-state index in [9.17, 15) is 5.26 Å². The number of hydrogen-bond donors (Lipinski definition) is 2. The minimum Gasteiger partial charge on any atom is -0.396 e. The molecule has 5 heteroatoms. The van der Waals surface area contributed by atoms with Crippen molar-refractivity contribution in [3.05, 3.63) is 41.0 Å². The first-order valence-electron chi connectivity index (χ1n) is 8.55. The lowest BCUT2D eigenvalue weighted by Gasteiger charge is -2.23. The second-order valence-corrected chi connectivity index (χ2v) is 6.26. The van der Waals surface area contributed by atoms with Crippen LogP contribution in [0.15, 0.2) is 24.3 Å². The summed E-state index contributed by atoms with van der Waals surface area (Å²) in [5.74, 6) is 1.04. The van der Waals surface area contributed by atoms with Gasteiger partial charge in [-0.05, 0) is 55.4 Å². The molecule has 0 fully saturated rings. The van der Waals surface area contributed by atoms with Gasteiger partial charge in [-0.15, -0.1) is 0 Å². The normalized spacial score (nSPS) is 13.8. The Labute approximate surface area is 140 Å². The van der Waals surface area contributed by atoms with Crippen molar-refractivity contribution in [1.82, 2.24) is 9.38 Å². The highest BCUT2D eigenvalue weighted by Gasteiger charge is 2.24. The largest absolute Gasteiger partial charge is 0.396 e. The first-order valence-corrected chi connectivity index (χ1v) is 8.55. The second-order valence-electron chi connectivity index (χ2n) is 6.26. The average Bonchev–Trinajstić information content (AvgIpc) is 3.00. The van der Waals surface area contributed by atoms with Crippen molar-refractivity contribution < 1.29 is 5.11 Å². The van der Waals surface area contributed by atoms with Gasteiger partial charge in [0.05, 0.1) is 16.6 Å². The Morgan fingerprint density at radius 3 is 2.79 bits per heavy atom. The quantitative estimate of drug-likeness (QED) is 0.725. The molecule has 0 aliphatic heterocycles. The fourth-order valence-corrected chi connectivity index (χ4v) is 3.72. The van der Waals surface area contributed by atoms with E-state index in [-0.39, 0.29) is 6.61 Å². The summed E-state index contributed by atoms with van der Waals surface area (Å²) < 4.78 is 2.09. The summed E-state index contributed by atoms with van der Waals surface area (Å²) in [5, 5.41) is 22.4. The predicted octanol–water partition coefficient (Wildman–Crippen LogP) is 3.03. The van der Waals surface area contributed by atoms with E-state index in [0.717, 1.165) is 53.7 Å². The SMILES string of the molecule is N#Cc1c2c(c(NCCCO)n3c1nc1ccccc13)CCCC2. The van der Waals surface area contributed by atoms with Crippen LogP contribution in [-0.2, 0) is 12.8 Å². The lowest BCUT2D eigenvalue weighted by molar-refractivity contribution is 0.292. The number of nitriles is 1. The van der Waals surface area contributed by atoms with Crippen molar-refractivity contribution >= 4 is 22.5 Å². The molecule has 0 atom stereocenters. The Hall–Kier alpha value is -2.58. The van der Waals surface area contributed by atoms with E-state index in [0.29, 0.717) is 18.5 Å². The van der Waals surface area contributed by atoms with Crippen LogP contribution < -0.4 is 5.32 Å². The van der Waals surface area contributed by atoms with Crippen molar-refractivity contribution in [2.45, 2.75) is 32.1 Å². The minimum atomic E-state index is 0.166. The summed E-state index contributed by atoms with van der Waals surface area (Å²) in [6, 6.07) is 10.4. The van der Waals surface area contributed by atoms with Gasteiger partial charge in [-0.2, -0.15) is 5.26 Å². The molecule has 1 aromatic carbocycles. The number of benzene rings is 1. The monoisotopic (exact) mass is 320 g/mol. The zero-order valence-corrected chi connectivity index (χ0v) is 13.5. The molecule has 2 N–H and O–H groups in total. The zero-order valence-electron chi connectivity index (χ0n) is 13.5. The van der Waals surface area contributed by atoms with Gasteiger partial charge in [-0.1, -0.05) is 12.1 Å². The van der Waals surface area contributed by atoms with Gasteiger partial charge in [-0.3, -0.25) is 4.40 Å². The van der Waals surface area contributed by atoms with Crippen molar-refractivity contribution in [2.75, 3.05) is 18.5 Å². The maximum atomic E-state index is 9.76. The van der Waals surface area contributed by atoms with E-state index >= 15 is 0 Å². The van der Waals surface area contributed by atoms with E-state index in [1.807, 2.05) is 24.3 Å². The number of nitrogens with zero attached hydrogens (tertiary/aromatic N) is 3. The summed E-state index contributed by atoms with van der Waals surface area (Å²) in [7, 11) is 0. The number of anilines is 1. The Morgan fingerprint density at radius 1 is 1.21 bits per heavy atom. The van der Waals surface area contributed by atoms with Gasteiger partial charge in [0.2, 0.25) is 0 Å². The van der Waals surface area contributed by atoms with Gasteiger partial charge < -0.3 is 10.4 Å². The standard InChI is InChI=1S/C19H20N4O/c20-12-15-13-6-1-2-7-14(13)18(21-10-5-11-24)23-17-9-4-3-8-16(17)22-19(15)23/h3-4,8-9,21,24H,1-2,5-7,10-11H2. The number of pyridine rings is 1. The zero-order chi connectivity index (χ0) is 16.5. The van der Waals surface area contributed by atoms with Gasteiger partial charge >= 0.3 is 0 Å². The number of aliphatic hydroxyl groups excluding tert-OH is 1. The minimum absolute atomic E-state index is 0.166. The molecule has 5 nitrogen and oxygen atoms in total. The van der Waals surface area contributed by atoms with Gasteiger partial charge in [0.1, 0.15) is 11.9 Å². The molecule has 3 aromatic rings. The third-order valence-corrected chi connectivity index (χ3v) is 4.80. The van der Waals surface area contributed by atoms with Crippen molar-refractivity contribution in [1.29, 1.82) is 5.26 Å². The highest BCUT2D eigenvalue weighted by Crippen LogP contribution is 2.35. The average molecular weight is 320 g/mol. The smallest absolute Gasteiger partial charge is 0.157 e. The van der Waals surface area contributed by atoms with E-state index < -0.39 is 0 Å².